The third kappa shape index (κ3) is 5.10. The van der Waals surface area contributed by atoms with Crippen molar-refractivity contribution in [1.82, 2.24) is 15.1 Å². The van der Waals surface area contributed by atoms with Crippen molar-refractivity contribution in [3.8, 4) is 17.2 Å². The molecule has 6 heteroatoms. The second-order valence-electron chi connectivity index (χ2n) is 6.12. The molecule has 3 aromatic rings. The number of amides is 1. The zero-order valence-electron chi connectivity index (χ0n) is 15.5. The molecule has 27 heavy (non-hydrogen) atoms. The Bertz CT molecular complexity index is 888. The number of hydrogen-bond acceptors (Lipinski definition) is 4. The zero-order chi connectivity index (χ0) is 19.1. The number of carbonyl (C=O) groups excluding carboxylic acids is 1. The molecule has 0 spiro atoms. The van der Waals surface area contributed by atoms with E-state index in [9.17, 15) is 4.79 Å². The maximum absolute atomic E-state index is 12.2. The molecular weight excluding hydrogens is 342 g/mol. The maximum Gasteiger partial charge on any atom is 0.271 e. The van der Waals surface area contributed by atoms with Crippen LogP contribution in [-0.2, 0) is 0 Å². The van der Waals surface area contributed by atoms with Crippen LogP contribution in [0.3, 0.4) is 0 Å². The molecule has 0 saturated heterocycles. The van der Waals surface area contributed by atoms with Gasteiger partial charge in [-0.15, -0.1) is 0 Å². The molecule has 0 aliphatic carbocycles. The van der Waals surface area contributed by atoms with Crippen molar-refractivity contribution in [3.05, 3.63) is 72.1 Å². The summed E-state index contributed by atoms with van der Waals surface area (Å²) in [5, 5.41) is 7.19. The van der Waals surface area contributed by atoms with E-state index in [2.05, 4.69) is 10.4 Å². The Kier molecular flexibility index (Phi) is 6.10. The first-order chi connectivity index (χ1) is 13.2. The highest BCUT2D eigenvalue weighted by atomic mass is 16.5. The smallest absolute Gasteiger partial charge is 0.271 e. The summed E-state index contributed by atoms with van der Waals surface area (Å²) in [7, 11) is 1.62. The summed E-state index contributed by atoms with van der Waals surface area (Å²) in [6.45, 7) is 3.10. The van der Waals surface area contributed by atoms with E-state index < -0.39 is 0 Å². The molecule has 0 bridgehead atoms. The minimum absolute atomic E-state index is 0.196. The summed E-state index contributed by atoms with van der Waals surface area (Å²) in [6, 6.07) is 17.1. The van der Waals surface area contributed by atoms with Crippen LogP contribution in [0, 0.1) is 6.92 Å². The maximum atomic E-state index is 12.2. The van der Waals surface area contributed by atoms with E-state index in [0.717, 1.165) is 29.2 Å². The highest BCUT2D eigenvalue weighted by Crippen LogP contribution is 2.15. The molecule has 3 rings (SSSR count). The van der Waals surface area contributed by atoms with Crippen LogP contribution in [-0.4, -0.2) is 35.9 Å². The van der Waals surface area contributed by atoms with Crippen molar-refractivity contribution < 1.29 is 14.3 Å². The molecule has 0 unspecified atom stereocenters. The third-order valence-electron chi connectivity index (χ3n) is 4.02. The van der Waals surface area contributed by atoms with Gasteiger partial charge >= 0.3 is 0 Å². The summed E-state index contributed by atoms with van der Waals surface area (Å²) < 4.78 is 12.5. The molecule has 0 radical (unpaired) electrons. The molecule has 0 saturated carbocycles. The summed E-state index contributed by atoms with van der Waals surface area (Å²) >= 11 is 0. The number of aromatic nitrogens is 2. The van der Waals surface area contributed by atoms with Gasteiger partial charge in [-0.05, 0) is 61.4 Å². The number of hydrogen-bond donors (Lipinski definition) is 1. The fourth-order valence-corrected chi connectivity index (χ4v) is 2.58. The van der Waals surface area contributed by atoms with E-state index in [1.54, 1.807) is 24.1 Å². The van der Waals surface area contributed by atoms with E-state index in [-0.39, 0.29) is 5.91 Å². The monoisotopic (exact) mass is 365 g/mol. The Balaban J connectivity index is 1.45. The van der Waals surface area contributed by atoms with E-state index in [0.29, 0.717) is 18.8 Å². The van der Waals surface area contributed by atoms with Crippen LogP contribution in [0.2, 0.25) is 0 Å². The Morgan fingerprint density at radius 1 is 1.11 bits per heavy atom. The van der Waals surface area contributed by atoms with E-state index >= 15 is 0 Å². The van der Waals surface area contributed by atoms with Crippen LogP contribution in [0.1, 0.15) is 22.5 Å². The zero-order valence-corrected chi connectivity index (χ0v) is 15.5. The Hall–Kier alpha value is -3.28. The van der Waals surface area contributed by atoms with Gasteiger partial charge < -0.3 is 14.8 Å². The van der Waals surface area contributed by atoms with Gasteiger partial charge in [0.15, 0.2) is 5.69 Å². The molecule has 6 nitrogen and oxygen atoms in total. The molecular formula is C21H23N3O3. The van der Waals surface area contributed by atoms with Crippen LogP contribution in [0.4, 0.5) is 0 Å². The molecule has 1 amide bonds. The number of methoxy groups -OCH3 is 1. The van der Waals surface area contributed by atoms with Crippen LogP contribution in [0.15, 0.2) is 60.8 Å². The van der Waals surface area contributed by atoms with Gasteiger partial charge in [0, 0.05) is 12.7 Å². The topological polar surface area (TPSA) is 65.4 Å². The van der Waals surface area contributed by atoms with Crippen molar-refractivity contribution in [2.75, 3.05) is 20.3 Å². The molecule has 2 aromatic carbocycles. The van der Waals surface area contributed by atoms with Crippen molar-refractivity contribution in [1.29, 1.82) is 0 Å². The number of nitrogens with zero attached hydrogens (tertiary/aromatic N) is 2. The third-order valence-corrected chi connectivity index (χ3v) is 4.02. The number of ether oxygens (including phenoxy) is 2. The molecule has 0 fully saturated rings. The first-order valence-corrected chi connectivity index (χ1v) is 8.83. The molecule has 140 valence electrons. The average molecular weight is 365 g/mol. The lowest BCUT2D eigenvalue weighted by atomic mass is 10.2. The summed E-state index contributed by atoms with van der Waals surface area (Å²) in [5.41, 5.74) is 2.40. The van der Waals surface area contributed by atoms with E-state index in [1.807, 2.05) is 55.5 Å². The molecule has 1 heterocycles. The Morgan fingerprint density at radius 2 is 1.93 bits per heavy atom. The summed E-state index contributed by atoms with van der Waals surface area (Å²) in [5.74, 6) is 1.43. The first-order valence-electron chi connectivity index (χ1n) is 8.83. The fourth-order valence-electron chi connectivity index (χ4n) is 2.58. The molecule has 1 N–H and O–H groups in total. The lowest BCUT2D eigenvalue weighted by Crippen LogP contribution is -2.26. The Labute approximate surface area is 158 Å². The lowest BCUT2D eigenvalue weighted by Gasteiger charge is -2.07. The number of nitrogens with one attached hydrogen (secondary N) is 1. The second-order valence-corrected chi connectivity index (χ2v) is 6.12. The first kappa shape index (κ1) is 18.5. The van der Waals surface area contributed by atoms with Crippen molar-refractivity contribution in [2.24, 2.45) is 0 Å². The van der Waals surface area contributed by atoms with Crippen molar-refractivity contribution >= 4 is 5.91 Å². The van der Waals surface area contributed by atoms with Gasteiger partial charge in [0.05, 0.1) is 19.4 Å². The average Bonchev–Trinajstić information content (AvgIpc) is 3.18. The van der Waals surface area contributed by atoms with Crippen LogP contribution < -0.4 is 14.8 Å². The number of aryl methyl sites for hydroxylation is 1. The number of carbonyl (C=O) groups is 1. The van der Waals surface area contributed by atoms with Gasteiger partial charge in [-0.25, -0.2) is 4.68 Å². The van der Waals surface area contributed by atoms with Gasteiger partial charge in [-0.3, -0.25) is 4.79 Å². The fraction of sp³-hybridized carbons (Fsp3) is 0.238. The normalized spacial score (nSPS) is 10.4. The standard InChI is InChI=1S/C21H23N3O3/c1-16-5-3-6-19(15-16)27-14-4-12-22-21(25)20-11-13-24(23-20)17-7-9-18(26-2)10-8-17/h3,5-11,13,15H,4,12,14H2,1-2H3,(H,22,25). The Morgan fingerprint density at radius 3 is 2.67 bits per heavy atom. The second kappa shape index (κ2) is 8.89. The molecule has 1 aromatic heterocycles. The van der Waals surface area contributed by atoms with Gasteiger partial charge in [0.2, 0.25) is 0 Å². The SMILES string of the molecule is COc1ccc(-n2ccc(C(=O)NCCCOc3cccc(C)c3)n2)cc1. The predicted molar refractivity (Wildman–Crippen MR) is 104 cm³/mol. The van der Waals surface area contributed by atoms with Gasteiger partial charge in [0.1, 0.15) is 11.5 Å². The summed E-state index contributed by atoms with van der Waals surface area (Å²) in [6.07, 6.45) is 2.48. The van der Waals surface area contributed by atoms with E-state index in [4.69, 9.17) is 9.47 Å². The molecule has 0 aliphatic heterocycles. The van der Waals surface area contributed by atoms with Gasteiger partial charge in [-0.1, -0.05) is 12.1 Å². The molecule has 0 atom stereocenters. The van der Waals surface area contributed by atoms with Gasteiger partial charge in [-0.2, -0.15) is 5.10 Å². The highest BCUT2D eigenvalue weighted by Gasteiger charge is 2.09. The number of rotatable bonds is 8. The van der Waals surface area contributed by atoms with E-state index in [1.165, 1.54) is 0 Å². The van der Waals surface area contributed by atoms with Crippen molar-refractivity contribution in [2.45, 2.75) is 13.3 Å². The van der Waals surface area contributed by atoms with Crippen LogP contribution in [0.25, 0.3) is 5.69 Å². The highest BCUT2D eigenvalue weighted by molar-refractivity contribution is 5.92. The van der Waals surface area contributed by atoms with Gasteiger partial charge in [0.25, 0.3) is 5.91 Å². The minimum Gasteiger partial charge on any atom is -0.497 e. The largest absolute Gasteiger partial charge is 0.497 e. The molecule has 0 aliphatic rings. The number of benzene rings is 2. The quantitative estimate of drug-likeness (QED) is 0.622. The summed E-state index contributed by atoms with van der Waals surface area (Å²) in [4.78, 5) is 12.2. The lowest BCUT2D eigenvalue weighted by molar-refractivity contribution is 0.0946. The minimum atomic E-state index is -0.196. The van der Waals surface area contributed by atoms with Crippen LogP contribution >= 0.6 is 0 Å². The predicted octanol–water partition coefficient (Wildman–Crippen LogP) is 3.39. The van der Waals surface area contributed by atoms with Crippen LogP contribution in [0.5, 0.6) is 11.5 Å². The van der Waals surface area contributed by atoms with Crippen molar-refractivity contribution in [3.63, 3.8) is 0 Å².